The molecule has 1 aliphatic rings. The minimum atomic E-state index is -1.12. The number of pyridine rings is 1. The number of alkyl halides is 1. The van der Waals surface area contributed by atoms with Crippen LogP contribution in [0.3, 0.4) is 0 Å². The second kappa shape index (κ2) is 11.7. The molecule has 178 valence electrons. The van der Waals surface area contributed by atoms with E-state index in [0.29, 0.717) is 39.6 Å². The number of aromatic nitrogens is 1. The molecule has 0 saturated carbocycles. The van der Waals surface area contributed by atoms with E-state index in [4.69, 9.17) is 14.9 Å². The lowest BCUT2D eigenvalue weighted by Crippen LogP contribution is -2.28. The number of nitrogens with two attached hydrogens (primary N) is 1. The van der Waals surface area contributed by atoms with Crippen molar-refractivity contribution in [2.75, 3.05) is 0 Å². The number of nitrogens with one attached hydrogen (secondary N) is 2. The molecule has 4 rings (SSSR count). The lowest BCUT2D eigenvalue weighted by molar-refractivity contribution is 0.431. The van der Waals surface area contributed by atoms with E-state index in [2.05, 4.69) is 21.1 Å². The fourth-order valence-corrected chi connectivity index (χ4v) is 4.55. The molecule has 0 bridgehead atoms. The molecule has 35 heavy (non-hydrogen) atoms. The summed E-state index contributed by atoms with van der Waals surface area (Å²) < 4.78 is 28.0. The third-order valence-electron chi connectivity index (χ3n) is 4.77. The summed E-state index contributed by atoms with van der Waals surface area (Å²) in [6.45, 7) is 1.43. The van der Waals surface area contributed by atoms with Gasteiger partial charge in [0.25, 0.3) is 0 Å². The molecular formula is C25H22FN5O2S2. The van der Waals surface area contributed by atoms with Crippen molar-refractivity contribution in [3.8, 4) is 28.8 Å². The fraction of sp³-hybridized carbons (Fsp3) is 0.120. The number of nitriles is 1. The number of ether oxygens (including phenoxy) is 1. The van der Waals surface area contributed by atoms with Gasteiger partial charge < -0.3 is 20.2 Å². The number of halogens is 1. The molecule has 10 heteroatoms. The molecule has 7 nitrogen and oxygen atoms in total. The molecule has 0 saturated heterocycles. The maximum atomic E-state index is 13.3. The molecule has 3 heterocycles. The lowest BCUT2D eigenvalue weighted by Gasteiger charge is -2.14. The molecule has 2 unspecified atom stereocenters. The first-order valence-electron chi connectivity index (χ1n) is 10.6. The predicted molar refractivity (Wildman–Crippen MR) is 138 cm³/mol. The summed E-state index contributed by atoms with van der Waals surface area (Å²) in [5.74, 6) is 0.828. The van der Waals surface area contributed by atoms with E-state index in [1.165, 1.54) is 37.4 Å². The van der Waals surface area contributed by atoms with Crippen LogP contribution in [0.15, 0.2) is 88.2 Å². The third-order valence-corrected chi connectivity index (χ3v) is 6.59. The lowest BCUT2D eigenvalue weighted by atomic mass is 10.1. The molecule has 0 spiro atoms. The molecular weight excluding hydrogens is 485 g/mol. The Hall–Kier alpha value is -3.65. The van der Waals surface area contributed by atoms with Crippen LogP contribution in [-0.4, -0.2) is 16.7 Å². The van der Waals surface area contributed by atoms with Gasteiger partial charge in [0.05, 0.1) is 23.8 Å². The van der Waals surface area contributed by atoms with Gasteiger partial charge in [-0.25, -0.2) is 14.1 Å². The molecule has 3 aromatic rings. The molecule has 2 aromatic heterocycles. The largest absolute Gasteiger partial charge is 0.472 e. The van der Waals surface area contributed by atoms with Gasteiger partial charge in [-0.1, -0.05) is 23.9 Å². The number of allylic oxidation sites excluding steroid dienone is 3. The first kappa shape index (κ1) is 24.5. The van der Waals surface area contributed by atoms with Crippen molar-refractivity contribution in [2.45, 2.75) is 23.5 Å². The summed E-state index contributed by atoms with van der Waals surface area (Å²) in [4.78, 5) is 5.56. The van der Waals surface area contributed by atoms with Crippen molar-refractivity contribution in [3.05, 3.63) is 90.1 Å². The van der Waals surface area contributed by atoms with E-state index in [0.717, 1.165) is 4.90 Å². The Labute approximate surface area is 211 Å². The van der Waals surface area contributed by atoms with Gasteiger partial charge in [-0.05, 0) is 60.7 Å². The number of nitrogens with zero attached hydrogens (tertiary/aromatic N) is 2. The molecule has 2 atom stereocenters. The third kappa shape index (κ3) is 6.27. The highest BCUT2D eigenvalue weighted by Gasteiger charge is 2.16. The van der Waals surface area contributed by atoms with E-state index in [1.54, 1.807) is 54.4 Å². The Morgan fingerprint density at radius 3 is 2.91 bits per heavy atom. The first-order chi connectivity index (χ1) is 17.1. The van der Waals surface area contributed by atoms with E-state index < -0.39 is 6.17 Å². The molecule has 1 aliphatic heterocycles. The minimum Gasteiger partial charge on any atom is -0.472 e. The van der Waals surface area contributed by atoms with Crippen LogP contribution in [0.1, 0.15) is 18.2 Å². The van der Waals surface area contributed by atoms with Crippen LogP contribution in [0.4, 0.5) is 4.39 Å². The standard InChI is InChI=1S/C25H22FN5O2S2/c1-16(26)2-3-17(13-27)21-5-7-23(24(30-21)18-8-10-32-15-18)33-22-6-4-20(12-19(22)14-28)35-31-25-29-9-11-34-25/h2-13,15-16,25,29,31H,27H2,1H3/b3-2-,17-13+. The predicted octanol–water partition coefficient (Wildman–Crippen LogP) is 5.91. The fourth-order valence-electron chi connectivity index (χ4n) is 3.09. The average Bonchev–Trinajstić information content (AvgIpc) is 3.59. The average molecular weight is 508 g/mol. The van der Waals surface area contributed by atoms with Crippen LogP contribution in [0.5, 0.6) is 11.5 Å². The number of hydrogen-bond donors (Lipinski definition) is 3. The Kier molecular flexibility index (Phi) is 8.15. The topological polar surface area (TPSA) is 109 Å². The monoisotopic (exact) mass is 507 g/mol. The highest BCUT2D eigenvalue weighted by molar-refractivity contribution is 8.04. The van der Waals surface area contributed by atoms with Crippen molar-refractivity contribution in [1.29, 1.82) is 5.26 Å². The van der Waals surface area contributed by atoms with Gasteiger partial charge in [0.2, 0.25) is 0 Å². The van der Waals surface area contributed by atoms with Gasteiger partial charge in [0.1, 0.15) is 29.2 Å². The van der Waals surface area contributed by atoms with Crippen molar-refractivity contribution in [3.63, 3.8) is 0 Å². The van der Waals surface area contributed by atoms with Crippen LogP contribution < -0.4 is 20.5 Å². The van der Waals surface area contributed by atoms with E-state index >= 15 is 0 Å². The number of hydrogen-bond acceptors (Lipinski definition) is 9. The van der Waals surface area contributed by atoms with Crippen LogP contribution in [0.2, 0.25) is 0 Å². The van der Waals surface area contributed by atoms with Crippen LogP contribution in [0, 0.1) is 11.3 Å². The summed E-state index contributed by atoms with van der Waals surface area (Å²) in [6, 6.07) is 12.8. The maximum Gasteiger partial charge on any atom is 0.153 e. The van der Waals surface area contributed by atoms with Crippen molar-refractivity contribution in [2.24, 2.45) is 5.73 Å². The smallest absolute Gasteiger partial charge is 0.153 e. The zero-order chi connectivity index (χ0) is 24.6. The maximum absolute atomic E-state index is 13.3. The van der Waals surface area contributed by atoms with E-state index in [-0.39, 0.29) is 5.50 Å². The normalized spacial score (nSPS) is 16.3. The van der Waals surface area contributed by atoms with E-state index in [1.807, 2.05) is 17.7 Å². The first-order valence-corrected chi connectivity index (χ1v) is 12.3. The summed E-state index contributed by atoms with van der Waals surface area (Å²) in [5, 5.41) is 14.9. The molecule has 0 amide bonds. The Morgan fingerprint density at radius 1 is 1.37 bits per heavy atom. The number of furan rings is 1. The summed E-state index contributed by atoms with van der Waals surface area (Å²) in [5.41, 5.74) is 8.49. The summed E-state index contributed by atoms with van der Waals surface area (Å²) >= 11 is 3.04. The number of benzene rings is 1. The van der Waals surface area contributed by atoms with Crippen molar-refractivity contribution in [1.82, 2.24) is 15.0 Å². The highest BCUT2D eigenvalue weighted by atomic mass is 32.2. The van der Waals surface area contributed by atoms with Crippen molar-refractivity contribution >= 4 is 29.3 Å². The number of thioether (sulfide) groups is 1. The Balaban J connectivity index is 1.61. The Bertz CT molecular complexity index is 1290. The van der Waals surface area contributed by atoms with Gasteiger partial charge >= 0.3 is 0 Å². The molecule has 0 radical (unpaired) electrons. The zero-order valence-corrected chi connectivity index (χ0v) is 20.3. The molecule has 0 aliphatic carbocycles. The van der Waals surface area contributed by atoms with Gasteiger partial charge in [0.15, 0.2) is 5.75 Å². The number of rotatable bonds is 9. The minimum absolute atomic E-state index is 0.0685. The summed E-state index contributed by atoms with van der Waals surface area (Å²) in [7, 11) is 0. The van der Waals surface area contributed by atoms with Crippen LogP contribution in [0.25, 0.3) is 16.8 Å². The van der Waals surface area contributed by atoms with Gasteiger partial charge in [0, 0.05) is 28.4 Å². The zero-order valence-electron chi connectivity index (χ0n) is 18.6. The highest BCUT2D eigenvalue weighted by Crippen LogP contribution is 2.36. The van der Waals surface area contributed by atoms with Gasteiger partial charge in [-0.15, -0.1) is 0 Å². The molecule has 1 aromatic carbocycles. The molecule has 0 fully saturated rings. The Morgan fingerprint density at radius 2 is 2.23 bits per heavy atom. The van der Waals surface area contributed by atoms with Gasteiger partial charge in [-0.2, -0.15) is 5.26 Å². The van der Waals surface area contributed by atoms with E-state index in [9.17, 15) is 9.65 Å². The quantitative estimate of drug-likeness (QED) is 0.241. The van der Waals surface area contributed by atoms with Crippen molar-refractivity contribution < 1.29 is 13.5 Å². The van der Waals surface area contributed by atoms with Crippen LogP contribution >= 0.6 is 23.7 Å². The molecule has 4 N–H and O–H groups in total. The second-order valence-electron chi connectivity index (χ2n) is 7.29. The SMILES string of the molecule is CC(F)/C=C\C(=C/N)c1ccc(Oc2ccc(SNC3NC=CS3)cc2C#N)c(-c2ccoc2)n1. The second-order valence-corrected chi connectivity index (χ2v) is 9.22. The summed E-state index contributed by atoms with van der Waals surface area (Å²) in [6.07, 6.45) is 8.19. The van der Waals surface area contributed by atoms with Gasteiger partial charge in [-0.3, -0.25) is 0 Å². The van der Waals surface area contributed by atoms with Crippen LogP contribution in [-0.2, 0) is 0 Å².